The second-order valence-electron chi connectivity index (χ2n) is 10.7. The Labute approximate surface area is 202 Å². The molecule has 3 heterocycles. The molecule has 176 valence electrons. The van der Waals surface area contributed by atoms with E-state index in [-0.39, 0.29) is 5.84 Å². The Morgan fingerprint density at radius 2 is 1.59 bits per heavy atom. The van der Waals surface area contributed by atoms with Crippen molar-refractivity contribution in [3.8, 4) is 10.4 Å². The zero-order valence-electron chi connectivity index (χ0n) is 20.4. The number of pyridine rings is 1. The topological polar surface area (TPSA) is 93.2 Å². The Morgan fingerprint density at radius 3 is 2.12 bits per heavy atom. The summed E-state index contributed by atoms with van der Waals surface area (Å²) >= 11 is 1.48. The number of allylic oxidation sites excluding steroid dienone is 4. The molecule has 0 amide bonds. The smallest absolute Gasteiger partial charge is 0.523 e. The molecule has 2 aromatic rings. The molecule has 0 unspecified atom stereocenters. The molecular weight excluding hydrogens is 450 g/mol. The van der Waals surface area contributed by atoms with E-state index in [9.17, 15) is 19.7 Å². The highest BCUT2D eigenvalue weighted by atomic mass is 32.1. The lowest BCUT2D eigenvalue weighted by Gasteiger charge is -2.23. The van der Waals surface area contributed by atoms with Gasteiger partial charge < -0.3 is 5.21 Å². The maximum absolute atomic E-state index is 12.9. The number of aromatic nitrogens is 1. The average molecular weight is 479 g/mol. The van der Waals surface area contributed by atoms with Crippen molar-refractivity contribution in [3.05, 3.63) is 68.9 Å². The molecule has 8 heteroatoms. The SMILES string of the molecule is CC(C)(C)C1=CC(c2ccc(-c3ccc(C4=[N+]([O-])C(C)(C)C(C)(C)[N+]4=O)nc3)s2)=CC(=O)C1=O. The van der Waals surface area contributed by atoms with E-state index in [1.165, 1.54) is 17.4 Å². The third-order valence-corrected chi connectivity index (χ3v) is 8.11. The van der Waals surface area contributed by atoms with Crippen molar-refractivity contribution in [1.29, 1.82) is 0 Å². The molecule has 0 radical (unpaired) electrons. The number of nitroso groups, excluding NO2 is 1. The standard InChI is InChI=1S/C26H28N3O4S/c1-24(2,3)17-12-16(13-19(30)22(17)31)21-11-10-20(34-21)15-8-9-18(27-14-15)23-28(32)25(4,5)26(6,7)29(23)33/h8-14H,1-7H3/q+1. The molecule has 0 atom stereocenters. The summed E-state index contributed by atoms with van der Waals surface area (Å²) in [5, 5.41) is 12.9. The second kappa shape index (κ2) is 7.63. The minimum absolute atomic E-state index is 0.00352. The quantitative estimate of drug-likeness (QED) is 0.270. The van der Waals surface area contributed by atoms with Crippen LogP contribution in [0.5, 0.6) is 0 Å². The minimum Gasteiger partial charge on any atom is -0.618 e. The van der Waals surface area contributed by atoms with Crippen LogP contribution in [0.25, 0.3) is 16.0 Å². The maximum atomic E-state index is 12.9. The van der Waals surface area contributed by atoms with Crippen LogP contribution in [0.15, 0.2) is 48.2 Å². The van der Waals surface area contributed by atoms with Gasteiger partial charge in [-0.05, 0) is 47.4 Å². The summed E-state index contributed by atoms with van der Waals surface area (Å²) in [5.41, 5.74) is 0.118. The van der Waals surface area contributed by atoms with Crippen molar-refractivity contribution >= 4 is 34.3 Å². The number of ketones is 2. The molecule has 0 aromatic carbocycles. The summed E-state index contributed by atoms with van der Waals surface area (Å²) < 4.78 is 1.50. The summed E-state index contributed by atoms with van der Waals surface area (Å²) in [7, 11) is 0. The highest BCUT2D eigenvalue weighted by Gasteiger charge is 2.68. The van der Waals surface area contributed by atoms with Gasteiger partial charge in [0.15, 0.2) is 0 Å². The van der Waals surface area contributed by atoms with Gasteiger partial charge in [0.25, 0.3) is 5.54 Å². The van der Waals surface area contributed by atoms with E-state index >= 15 is 0 Å². The lowest BCUT2D eigenvalue weighted by molar-refractivity contribution is -0.555. The predicted molar refractivity (Wildman–Crippen MR) is 133 cm³/mol. The molecule has 0 fully saturated rings. The first-order valence-corrected chi connectivity index (χ1v) is 11.9. The summed E-state index contributed by atoms with van der Waals surface area (Å²) in [6.45, 7) is 12.7. The van der Waals surface area contributed by atoms with Crippen LogP contribution in [0, 0.1) is 15.5 Å². The Balaban J connectivity index is 1.65. The number of nitrogens with zero attached hydrogens (tertiary/aromatic N) is 3. The lowest BCUT2D eigenvalue weighted by Crippen LogP contribution is -2.50. The largest absolute Gasteiger partial charge is 0.618 e. The van der Waals surface area contributed by atoms with Crippen LogP contribution in [0.4, 0.5) is 0 Å². The van der Waals surface area contributed by atoms with Crippen LogP contribution >= 0.6 is 11.3 Å². The van der Waals surface area contributed by atoms with E-state index < -0.39 is 28.1 Å². The molecule has 0 saturated carbocycles. The number of amidine groups is 1. The lowest BCUT2D eigenvalue weighted by atomic mass is 9.79. The zero-order valence-corrected chi connectivity index (χ0v) is 21.2. The van der Waals surface area contributed by atoms with Crippen molar-refractivity contribution in [3.63, 3.8) is 0 Å². The molecule has 4 rings (SSSR count). The number of hydrogen-bond donors (Lipinski definition) is 0. The molecule has 2 aliphatic rings. The molecule has 0 saturated heterocycles. The van der Waals surface area contributed by atoms with Crippen molar-refractivity contribution in [1.82, 2.24) is 4.98 Å². The molecule has 0 N–H and O–H groups in total. The van der Waals surface area contributed by atoms with E-state index in [1.54, 1.807) is 46.0 Å². The van der Waals surface area contributed by atoms with E-state index in [4.69, 9.17) is 0 Å². The van der Waals surface area contributed by atoms with Crippen LogP contribution in [0.3, 0.4) is 0 Å². The fourth-order valence-electron chi connectivity index (χ4n) is 3.94. The fraction of sp³-hybridized carbons (Fsp3) is 0.385. The summed E-state index contributed by atoms with van der Waals surface area (Å²) in [6.07, 6.45) is 4.82. The minimum atomic E-state index is -0.904. The van der Waals surface area contributed by atoms with Crippen molar-refractivity contribution in [2.45, 2.75) is 59.5 Å². The average Bonchev–Trinajstić information content (AvgIpc) is 3.28. The molecule has 0 spiro atoms. The van der Waals surface area contributed by atoms with Gasteiger partial charge in [0.05, 0.1) is 0 Å². The van der Waals surface area contributed by atoms with Crippen molar-refractivity contribution < 1.29 is 19.1 Å². The first kappa shape index (κ1) is 23.9. The number of carbonyl (C=O) groups excluding carboxylic acids is 2. The van der Waals surface area contributed by atoms with E-state index in [2.05, 4.69) is 4.98 Å². The normalized spacial score (nSPS) is 20.0. The molecule has 7 nitrogen and oxygen atoms in total. The molecular formula is C26H28N3O4S+. The van der Waals surface area contributed by atoms with Gasteiger partial charge in [-0.25, -0.2) is 4.98 Å². The number of carbonyl (C=O) groups is 2. The zero-order chi connectivity index (χ0) is 25.2. The van der Waals surface area contributed by atoms with Gasteiger partial charge in [-0.2, -0.15) is 0 Å². The Morgan fingerprint density at radius 1 is 0.941 bits per heavy atom. The van der Waals surface area contributed by atoms with E-state index in [0.717, 1.165) is 24.8 Å². The summed E-state index contributed by atoms with van der Waals surface area (Å²) in [6, 6.07) is 7.34. The Kier molecular flexibility index (Phi) is 5.36. The fourth-order valence-corrected chi connectivity index (χ4v) is 4.92. The third-order valence-electron chi connectivity index (χ3n) is 6.93. The summed E-state index contributed by atoms with van der Waals surface area (Å²) in [4.78, 5) is 43.7. The van der Waals surface area contributed by atoms with Crippen molar-refractivity contribution in [2.24, 2.45) is 5.41 Å². The first-order valence-electron chi connectivity index (χ1n) is 11.1. The van der Waals surface area contributed by atoms with Gasteiger partial charge >= 0.3 is 5.84 Å². The van der Waals surface area contributed by atoms with Gasteiger partial charge in [-0.1, -0.05) is 20.8 Å². The molecule has 2 aromatic heterocycles. The van der Waals surface area contributed by atoms with Crippen LogP contribution in [-0.4, -0.2) is 43.0 Å². The van der Waals surface area contributed by atoms with Gasteiger partial charge in [0.2, 0.25) is 22.8 Å². The maximum Gasteiger partial charge on any atom is 0.523 e. The van der Waals surface area contributed by atoms with Crippen LogP contribution in [0.2, 0.25) is 0 Å². The molecule has 0 bridgehead atoms. The first-order chi connectivity index (χ1) is 15.7. The molecule has 1 aliphatic heterocycles. The summed E-state index contributed by atoms with van der Waals surface area (Å²) in [5.74, 6) is -0.959. The second-order valence-corrected chi connectivity index (χ2v) is 11.8. The third kappa shape index (κ3) is 3.57. The molecule has 34 heavy (non-hydrogen) atoms. The number of rotatable bonds is 3. The predicted octanol–water partition coefficient (Wildman–Crippen LogP) is 4.92. The van der Waals surface area contributed by atoms with Crippen LogP contribution < -0.4 is 0 Å². The number of hydroxylamine groups is 1. The van der Waals surface area contributed by atoms with E-state index in [1.807, 2.05) is 39.0 Å². The van der Waals surface area contributed by atoms with Crippen LogP contribution in [-0.2, 0) is 9.59 Å². The molecule has 1 aliphatic carbocycles. The van der Waals surface area contributed by atoms with Crippen LogP contribution in [0.1, 0.15) is 59.0 Å². The highest BCUT2D eigenvalue weighted by Crippen LogP contribution is 2.38. The van der Waals surface area contributed by atoms with Gasteiger partial charge in [-0.15, -0.1) is 16.1 Å². The highest BCUT2D eigenvalue weighted by molar-refractivity contribution is 7.16. The number of Topliss-reactive ketones (excluding diaryl/α,β-unsaturated/α-hetero) is 1. The Hall–Kier alpha value is -3.26. The van der Waals surface area contributed by atoms with Gasteiger partial charge in [0.1, 0.15) is 4.76 Å². The van der Waals surface area contributed by atoms with E-state index in [0.29, 0.717) is 16.8 Å². The van der Waals surface area contributed by atoms with Crippen molar-refractivity contribution in [2.75, 3.05) is 0 Å². The number of hydrogen-bond acceptors (Lipinski definition) is 6. The number of thiophene rings is 1. The van der Waals surface area contributed by atoms with Gasteiger partial charge in [-0.3, -0.25) is 9.59 Å². The Bertz CT molecular complexity index is 1330. The van der Waals surface area contributed by atoms with Gasteiger partial charge in [0, 0.05) is 59.7 Å². The monoisotopic (exact) mass is 478 g/mol.